The molecule has 672 valence electrons. The summed E-state index contributed by atoms with van der Waals surface area (Å²) in [6.07, 6.45) is -2.29. The lowest BCUT2D eigenvalue weighted by atomic mass is 9.96. The first-order valence-electron chi connectivity index (χ1n) is 42.3. The summed E-state index contributed by atoms with van der Waals surface area (Å²) >= 11 is 0. The number of aryl methyl sites for hydroxylation is 3. The van der Waals surface area contributed by atoms with Crippen molar-refractivity contribution in [3.05, 3.63) is 297 Å². The minimum absolute atomic E-state index is 0.0100. The molecule has 0 amide bonds. The molecule has 128 heavy (non-hydrogen) atoms. The molecule has 9 aromatic rings. The molecule has 0 saturated carbocycles. The Labute approximate surface area is 737 Å². The molecule has 6 aliphatic rings. The molecule has 3 aromatic heterocycles. The molecule has 0 bridgehead atoms. The van der Waals surface area contributed by atoms with Gasteiger partial charge in [0.2, 0.25) is 0 Å². The molecule has 4 N–H and O–H groups in total. The Kier molecular flexibility index (Phi) is 29.9. The fourth-order valence-corrected chi connectivity index (χ4v) is 16.3. The van der Waals surface area contributed by atoms with Crippen LogP contribution in [-0.4, -0.2) is 199 Å². The number of alkyl halides is 9. The van der Waals surface area contributed by atoms with Gasteiger partial charge in [0, 0.05) is 190 Å². The fraction of sp³-hybridized carbons (Fsp3) is 0.357. The molecule has 3 aliphatic carbocycles. The van der Waals surface area contributed by atoms with Crippen LogP contribution in [0.3, 0.4) is 0 Å². The van der Waals surface area contributed by atoms with Crippen LogP contribution in [0.1, 0.15) is 148 Å². The molecule has 6 heterocycles. The van der Waals surface area contributed by atoms with Crippen LogP contribution in [0.5, 0.6) is 0 Å². The maximum absolute atomic E-state index is 14.0. The van der Waals surface area contributed by atoms with Gasteiger partial charge in [0.25, 0.3) is 0 Å². The SMILES string of the molecule is COC(=O)C1=Cc2cc(NCc3cc(CC(=O)c4ccc(CN5CCN(C)CC5)c(C(F)(F)F)c4)ccc3C)cnc2C1.COC(=O)C1=Cc2cc(NCc3cc(CC(=O)c4ccc(CN5CCN(C)CC5)c(C(F)(F)F)c4)ccc3C)cnc2C1.Cc1ccc(CC(=O)c2ccc(CN3CCN(C)CC3)c(C(F)(F)F)c2)cc1CNc1cnc2c(c1)C=C(C(=O)O)C2. The lowest BCUT2D eigenvalue weighted by molar-refractivity contribution is -0.139. The van der Waals surface area contributed by atoms with Crippen LogP contribution in [0.4, 0.5) is 56.6 Å². The topological polar surface area (TPSA) is 235 Å². The molecule has 21 nitrogen and oxygen atoms in total. The molecular formula is C98H103F9N12O9. The van der Waals surface area contributed by atoms with Gasteiger partial charge in [-0.1, -0.05) is 91.0 Å². The monoisotopic (exact) mass is 1760 g/mol. The molecule has 6 aromatic carbocycles. The van der Waals surface area contributed by atoms with Crippen molar-refractivity contribution in [2.24, 2.45) is 0 Å². The van der Waals surface area contributed by atoms with E-state index in [2.05, 4.69) is 45.6 Å². The number of nitrogens with one attached hydrogen (secondary N) is 3. The number of benzene rings is 6. The number of pyridine rings is 3. The first-order chi connectivity index (χ1) is 60.9. The number of carbonyl (C=O) groups excluding carboxylic acids is 5. The molecule has 3 fully saturated rings. The van der Waals surface area contributed by atoms with Crippen molar-refractivity contribution in [3.63, 3.8) is 0 Å². The van der Waals surface area contributed by atoms with Crippen molar-refractivity contribution >= 4 is 70.5 Å². The minimum Gasteiger partial charge on any atom is -0.478 e. The van der Waals surface area contributed by atoms with Crippen LogP contribution in [0.2, 0.25) is 0 Å². The molecule has 30 heteroatoms. The molecule has 0 unspecified atom stereocenters. The second-order valence-electron chi connectivity index (χ2n) is 33.6. The van der Waals surface area contributed by atoms with Crippen LogP contribution in [0, 0.1) is 20.8 Å². The number of rotatable bonds is 27. The van der Waals surface area contributed by atoms with Gasteiger partial charge in [-0.15, -0.1) is 0 Å². The maximum atomic E-state index is 14.0. The van der Waals surface area contributed by atoms with Crippen molar-refractivity contribution in [1.29, 1.82) is 0 Å². The van der Waals surface area contributed by atoms with E-state index in [0.717, 1.165) is 153 Å². The Bertz CT molecular complexity index is 5530. The number of esters is 2. The predicted molar refractivity (Wildman–Crippen MR) is 472 cm³/mol. The van der Waals surface area contributed by atoms with E-state index in [1.807, 2.05) is 129 Å². The standard InChI is InChI=1S/2C33H35F3N4O3.C32H33F3N4O3/c2*1-21-4-5-22(12-27(21)18-37-28-15-25-14-26(32(42)43-3)17-30(25)38-19-28)13-31(41)23-6-7-24(29(16-23)33(34,35)36)20-40-10-8-39(2)9-11-40;1-20-3-4-21(11-26(20)17-36-27-14-24-13-25(31(41)42)16-29(24)37-18-27)12-30(40)22-5-6-23(28(15-22)32(33,34)35)19-39-9-7-38(2)8-10-39/h2*4-7,12,14-16,19,37H,8-11,13,17-18,20H2,1-3H3;3-6,11,13-15,18,36H,7-10,12,16-17,19H2,1-2H3,(H,41,42). The number of aromatic nitrogens is 3. The second-order valence-corrected chi connectivity index (χ2v) is 33.6. The second kappa shape index (κ2) is 40.9. The first-order valence-corrected chi connectivity index (χ1v) is 42.3. The van der Waals surface area contributed by atoms with Crippen LogP contribution >= 0.6 is 0 Å². The summed E-state index contributed by atoms with van der Waals surface area (Å²) in [6.45, 7) is 16.9. The zero-order valence-electron chi connectivity index (χ0n) is 72.7. The number of hydrogen-bond donors (Lipinski definition) is 4. The van der Waals surface area contributed by atoms with Crippen molar-refractivity contribution in [3.8, 4) is 0 Å². The largest absolute Gasteiger partial charge is 0.478 e. The van der Waals surface area contributed by atoms with E-state index in [0.29, 0.717) is 100 Å². The van der Waals surface area contributed by atoms with Crippen LogP contribution in [0.15, 0.2) is 163 Å². The molecule has 3 saturated heterocycles. The quantitative estimate of drug-likeness (QED) is 0.0213. The molecule has 0 atom stereocenters. The molecule has 0 spiro atoms. The van der Waals surface area contributed by atoms with E-state index in [9.17, 15) is 73.4 Å². The predicted octanol–water partition coefficient (Wildman–Crippen LogP) is 15.8. The Morgan fingerprint density at radius 1 is 0.367 bits per heavy atom. The molecular weight excluding hydrogens is 1660 g/mol. The van der Waals surface area contributed by atoms with E-state index in [1.54, 1.807) is 36.8 Å². The van der Waals surface area contributed by atoms with Crippen molar-refractivity contribution in [2.75, 3.05) is 130 Å². The lowest BCUT2D eigenvalue weighted by Gasteiger charge is -2.33. The van der Waals surface area contributed by atoms with Crippen LogP contribution < -0.4 is 16.0 Å². The smallest absolute Gasteiger partial charge is 0.416 e. The third-order valence-corrected chi connectivity index (χ3v) is 24.2. The highest BCUT2D eigenvalue weighted by atomic mass is 19.4. The number of halogens is 9. The minimum atomic E-state index is -4.56. The van der Waals surface area contributed by atoms with Crippen molar-refractivity contribution < 1.29 is 82.9 Å². The van der Waals surface area contributed by atoms with Gasteiger partial charge in [0.1, 0.15) is 0 Å². The average Bonchev–Trinajstić information content (AvgIpc) is 1.48. The number of carboxylic acids is 1. The highest BCUT2D eigenvalue weighted by Gasteiger charge is 2.38. The van der Waals surface area contributed by atoms with Crippen molar-refractivity contribution in [2.45, 2.75) is 117 Å². The maximum Gasteiger partial charge on any atom is 0.416 e. The molecule has 3 aliphatic heterocycles. The summed E-state index contributed by atoms with van der Waals surface area (Å²) in [6, 6.07) is 34.5. The summed E-state index contributed by atoms with van der Waals surface area (Å²) in [5.74, 6) is -2.80. The Morgan fingerprint density at radius 2 is 0.641 bits per heavy atom. The van der Waals surface area contributed by atoms with Crippen molar-refractivity contribution in [1.82, 2.24) is 44.4 Å². The number of anilines is 3. The van der Waals surface area contributed by atoms with E-state index < -0.39 is 41.2 Å². The van der Waals surface area contributed by atoms with Crippen LogP contribution in [-0.2, 0) is 120 Å². The number of carboxylic acid groups (broad SMARTS) is 1. The summed E-state index contributed by atoms with van der Waals surface area (Å²) in [7, 11) is 8.69. The average molecular weight is 1760 g/mol. The summed E-state index contributed by atoms with van der Waals surface area (Å²) < 4.78 is 136. The van der Waals surface area contributed by atoms with E-state index in [-0.39, 0.29) is 102 Å². The first kappa shape index (κ1) is 93.6. The number of ketones is 3. The highest BCUT2D eigenvalue weighted by molar-refractivity contribution is 6.00. The van der Waals surface area contributed by atoms with Gasteiger partial charge in [0.15, 0.2) is 17.3 Å². The van der Waals surface area contributed by atoms with E-state index >= 15 is 0 Å². The number of hydrogen-bond acceptors (Lipinski definition) is 20. The van der Waals surface area contributed by atoms with Gasteiger partial charge in [0.05, 0.1) is 83.6 Å². The fourth-order valence-electron chi connectivity index (χ4n) is 16.3. The van der Waals surface area contributed by atoms with Crippen LogP contribution in [0.25, 0.3) is 18.2 Å². The van der Waals surface area contributed by atoms with Gasteiger partial charge < -0.3 is 45.2 Å². The number of likely N-dealkylation sites (N-methyl/N-ethyl adjacent to an activating group) is 3. The number of nitrogens with zero attached hydrogens (tertiary/aromatic N) is 9. The van der Waals surface area contributed by atoms with Gasteiger partial charge in [-0.25, -0.2) is 14.4 Å². The number of Topliss-reactive ketones (excluding diaryl/α,β-unsaturated/α-hetero) is 3. The zero-order valence-corrected chi connectivity index (χ0v) is 72.7. The third-order valence-electron chi connectivity index (χ3n) is 24.2. The normalized spacial score (nSPS) is 15.7. The number of piperazine rings is 3. The van der Waals surface area contributed by atoms with E-state index in [4.69, 9.17) is 9.47 Å². The number of methoxy groups -OCH3 is 2. The Hall–Kier alpha value is -12.1. The van der Waals surface area contributed by atoms with Gasteiger partial charge in [-0.2, -0.15) is 39.5 Å². The van der Waals surface area contributed by atoms with E-state index in [1.165, 1.54) is 50.6 Å². The van der Waals surface area contributed by atoms with Gasteiger partial charge in [-0.05, 0) is 180 Å². The van der Waals surface area contributed by atoms with Gasteiger partial charge in [-0.3, -0.25) is 44.0 Å². The molecule has 15 rings (SSSR count). The van der Waals surface area contributed by atoms with Gasteiger partial charge >= 0.3 is 36.4 Å². The zero-order chi connectivity index (χ0) is 91.5. The number of aliphatic carboxylic acids is 1. The number of ether oxygens (including phenoxy) is 2. The number of fused-ring (bicyclic) bond motifs is 3. The summed E-state index contributed by atoms with van der Waals surface area (Å²) in [5.41, 5.74) is 15.0. The Morgan fingerprint density at radius 3 is 0.906 bits per heavy atom. The Balaban J connectivity index is 0.000000164. The third kappa shape index (κ3) is 24.4. The highest BCUT2D eigenvalue weighted by Crippen LogP contribution is 2.39. The summed E-state index contributed by atoms with van der Waals surface area (Å²) in [5, 5.41) is 19.2. The molecule has 0 radical (unpaired) electrons. The lowest BCUT2D eigenvalue weighted by Crippen LogP contribution is -2.44. The number of carbonyl (C=O) groups is 6. The summed E-state index contributed by atoms with van der Waals surface area (Å²) in [4.78, 5) is 100.